The summed E-state index contributed by atoms with van der Waals surface area (Å²) in [5.74, 6) is 0.589. The van der Waals surface area contributed by atoms with Crippen LogP contribution in [0.5, 0.6) is 0 Å². The molecule has 0 amide bonds. The number of alkyl halides is 4. The summed E-state index contributed by atoms with van der Waals surface area (Å²) >= 11 is 5.94. The second kappa shape index (κ2) is 6.11. The van der Waals surface area contributed by atoms with E-state index in [1.54, 1.807) is 0 Å². The van der Waals surface area contributed by atoms with Gasteiger partial charge in [0.25, 0.3) is 0 Å². The van der Waals surface area contributed by atoms with Gasteiger partial charge in [0.1, 0.15) is 0 Å². The van der Waals surface area contributed by atoms with E-state index in [9.17, 15) is 13.2 Å². The van der Waals surface area contributed by atoms with Gasteiger partial charge in [-0.05, 0) is 25.2 Å². The van der Waals surface area contributed by atoms with Crippen LogP contribution in [-0.4, -0.2) is 16.6 Å². The highest BCUT2D eigenvalue weighted by atomic mass is 35.5. The minimum Gasteiger partial charge on any atom is -0.160 e. The zero-order valence-corrected chi connectivity index (χ0v) is 10.1. The van der Waals surface area contributed by atoms with Crippen LogP contribution >= 0.6 is 23.4 Å². The van der Waals surface area contributed by atoms with Gasteiger partial charge in [-0.3, -0.25) is 0 Å². The van der Waals surface area contributed by atoms with Crippen LogP contribution < -0.4 is 0 Å². The smallest absolute Gasteiger partial charge is 0.160 e. The van der Waals surface area contributed by atoms with Crippen LogP contribution in [0.4, 0.5) is 13.2 Å². The molecule has 2 atom stereocenters. The fourth-order valence-electron chi connectivity index (χ4n) is 1.40. The Balaban J connectivity index is 3.84. The Morgan fingerprint density at radius 1 is 1.21 bits per heavy atom. The van der Waals surface area contributed by atoms with Crippen LogP contribution in [0.1, 0.15) is 27.2 Å². The normalized spacial score (nSPS) is 17.1. The first-order valence-electron chi connectivity index (χ1n) is 4.58. The molecule has 0 aromatic rings. The molecule has 0 saturated heterocycles. The molecule has 0 nitrogen and oxygen atoms in total. The molecule has 2 unspecified atom stereocenters. The van der Waals surface area contributed by atoms with Crippen molar-refractivity contribution in [3.05, 3.63) is 0 Å². The third-order valence-electron chi connectivity index (χ3n) is 2.16. The molecule has 0 fully saturated rings. The van der Waals surface area contributed by atoms with Gasteiger partial charge < -0.3 is 0 Å². The van der Waals surface area contributed by atoms with Crippen LogP contribution in [-0.2, 0) is 0 Å². The van der Waals surface area contributed by atoms with Gasteiger partial charge in [0, 0.05) is 11.1 Å². The van der Waals surface area contributed by atoms with Crippen LogP contribution in [0.15, 0.2) is 0 Å². The second-order valence-electron chi connectivity index (χ2n) is 3.67. The SMILES string of the molecule is CC(C)C(CCSC(F)(F)F)C(C)Cl. The highest BCUT2D eigenvalue weighted by Gasteiger charge is 2.29. The molecule has 0 N–H and O–H groups in total. The van der Waals surface area contributed by atoms with Gasteiger partial charge in [0.05, 0.1) is 0 Å². The van der Waals surface area contributed by atoms with Gasteiger partial charge in [-0.1, -0.05) is 25.6 Å². The molecule has 0 aliphatic carbocycles. The van der Waals surface area contributed by atoms with E-state index in [1.165, 1.54) is 0 Å². The average molecular weight is 249 g/mol. The first-order chi connectivity index (χ1) is 6.24. The van der Waals surface area contributed by atoms with Gasteiger partial charge in [-0.2, -0.15) is 13.2 Å². The maximum atomic E-state index is 11.8. The molecule has 0 spiro atoms. The van der Waals surface area contributed by atoms with Crippen LogP contribution in [0.25, 0.3) is 0 Å². The summed E-state index contributed by atoms with van der Waals surface area (Å²) in [7, 11) is 0. The molecular weight excluding hydrogens is 233 g/mol. The Bertz CT molecular complexity index is 149. The zero-order chi connectivity index (χ0) is 11.4. The minimum absolute atomic E-state index is 0.0381. The lowest BCUT2D eigenvalue weighted by molar-refractivity contribution is -0.0328. The number of thioether (sulfide) groups is 1. The first kappa shape index (κ1) is 14.4. The molecule has 86 valence electrons. The molecule has 0 aliphatic heterocycles. The standard InChI is InChI=1S/C9H16ClF3S/c1-6(2)8(7(3)10)4-5-14-9(11,12)13/h6-8H,4-5H2,1-3H3. The Labute approximate surface area is 92.6 Å². The van der Waals surface area contributed by atoms with E-state index >= 15 is 0 Å². The van der Waals surface area contributed by atoms with E-state index in [0.29, 0.717) is 12.3 Å². The molecule has 0 bridgehead atoms. The lowest BCUT2D eigenvalue weighted by Crippen LogP contribution is -2.19. The molecule has 0 radical (unpaired) electrons. The van der Waals surface area contributed by atoms with E-state index in [-0.39, 0.29) is 28.8 Å². The highest BCUT2D eigenvalue weighted by Crippen LogP contribution is 2.33. The quantitative estimate of drug-likeness (QED) is 0.644. The molecule has 5 heteroatoms. The van der Waals surface area contributed by atoms with Crippen molar-refractivity contribution >= 4 is 23.4 Å². The highest BCUT2D eigenvalue weighted by molar-refractivity contribution is 8.00. The number of rotatable bonds is 5. The third kappa shape index (κ3) is 6.82. The Morgan fingerprint density at radius 3 is 2.00 bits per heavy atom. The van der Waals surface area contributed by atoms with E-state index in [0.717, 1.165) is 0 Å². The van der Waals surface area contributed by atoms with Crippen molar-refractivity contribution in [1.29, 1.82) is 0 Å². The van der Waals surface area contributed by atoms with Crippen LogP contribution in [0.2, 0.25) is 0 Å². The van der Waals surface area contributed by atoms with Crippen molar-refractivity contribution in [1.82, 2.24) is 0 Å². The zero-order valence-electron chi connectivity index (χ0n) is 8.57. The Morgan fingerprint density at radius 2 is 1.71 bits per heavy atom. The predicted octanol–water partition coefficient (Wildman–Crippen LogP) is 4.53. The first-order valence-corrected chi connectivity index (χ1v) is 6.01. The summed E-state index contributed by atoms with van der Waals surface area (Å²) in [5, 5.41) is -0.0659. The van der Waals surface area contributed by atoms with Gasteiger partial charge >= 0.3 is 5.51 Å². The van der Waals surface area contributed by atoms with Crippen LogP contribution in [0.3, 0.4) is 0 Å². The fourth-order valence-corrected chi connectivity index (χ4v) is 2.44. The maximum Gasteiger partial charge on any atom is 0.441 e. The molecule has 14 heavy (non-hydrogen) atoms. The van der Waals surface area contributed by atoms with Crippen molar-refractivity contribution in [2.24, 2.45) is 11.8 Å². The molecule has 0 rings (SSSR count). The second-order valence-corrected chi connectivity index (χ2v) is 5.52. The van der Waals surface area contributed by atoms with Crippen molar-refractivity contribution in [3.63, 3.8) is 0 Å². The lowest BCUT2D eigenvalue weighted by Gasteiger charge is -2.23. The third-order valence-corrected chi connectivity index (χ3v) is 3.25. The summed E-state index contributed by atoms with van der Waals surface area (Å²) in [5.41, 5.74) is -4.11. The van der Waals surface area contributed by atoms with Gasteiger partial charge in [0.2, 0.25) is 0 Å². The number of hydrogen-bond acceptors (Lipinski definition) is 1. The number of hydrogen-bond donors (Lipinski definition) is 0. The Hall–Kier alpha value is 0.430. The maximum absolute atomic E-state index is 11.8. The molecular formula is C9H16ClF3S. The van der Waals surface area contributed by atoms with Crippen molar-refractivity contribution in [3.8, 4) is 0 Å². The molecule has 0 aromatic heterocycles. The summed E-state index contributed by atoms with van der Waals surface area (Å²) in [6.45, 7) is 5.81. The van der Waals surface area contributed by atoms with E-state index in [4.69, 9.17) is 11.6 Å². The molecule has 0 heterocycles. The minimum atomic E-state index is -4.11. The Kier molecular flexibility index (Phi) is 6.30. The topological polar surface area (TPSA) is 0 Å². The van der Waals surface area contributed by atoms with Gasteiger partial charge in [-0.25, -0.2) is 0 Å². The van der Waals surface area contributed by atoms with Crippen molar-refractivity contribution in [2.45, 2.75) is 38.1 Å². The monoisotopic (exact) mass is 248 g/mol. The predicted molar refractivity (Wildman–Crippen MR) is 56.8 cm³/mol. The van der Waals surface area contributed by atoms with E-state index in [2.05, 4.69) is 0 Å². The molecule has 0 saturated carbocycles. The summed E-state index contributed by atoms with van der Waals surface area (Å²) in [4.78, 5) is 0. The average Bonchev–Trinajstić information content (AvgIpc) is 1.94. The van der Waals surface area contributed by atoms with Crippen molar-refractivity contribution in [2.75, 3.05) is 5.75 Å². The molecule has 0 aromatic carbocycles. The molecule has 0 aliphatic rings. The van der Waals surface area contributed by atoms with Gasteiger partial charge in [0.15, 0.2) is 0 Å². The number of halogens is 4. The fraction of sp³-hybridized carbons (Fsp3) is 1.00. The van der Waals surface area contributed by atoms with Crippen LogP contribution in [0, 0.1) is 11.8 Å². The summed E-state index contributed by atoms with van der Waals surface area (Å²) in [6.07, 6.45) is 0.520. The largest absolute Gasteiger partial charge is 0.441 e. The lowest BCUT2D eigenvalue weighted by atomic mass is 9.90. The summed E-state index contributed by atoms with van der Waals surface area (Å²) < 4.78 is 35.5. The summed E-state index contributed by atoms with van der Waals surface area (Å²) in [6, 6.07) is 0. The van der Waals surface area contributed by atoms with Gasteiger partial charge in [-0.15, -0.1) is 11.6 Å². The van der Waals surface area contributed by atoms with E-state index in [1.807, 2.05) is 20.8 Å². The van der Waals surface area contributed by atoms with E-state index < -0.39 is 5.51 Å². The van der Waals surface area contributed by atoms with Crippen molar-refractivity contribution < 1.29 is 13.2 Å².